The number of rotatable bonds is 5. The van der Waals surface area contributed by atoms with Crippen molar-refractivity contribution in [3.63, 3.8) is 0 Å². The van der Waals surface area contributed by atoms with E-state index in [0.29, 0.717) is 48.7 Å². The largest absolute Gasteiger partial charge is 0.497 e. The Hall–Kier alpha value is -3.79. The number of methoxy groups -OCH3 is 2. The highest BCUT2D eigenvalue weighted by Crippen LogP contribution is 2.34. The first kappa shape index (κ1) is 21.4. The number of amides is 1. The molecule has 1 amide bonds. The van der Waals surface area contributed by atoms with E-state index in [-0.39, 0.29) is 11.8 Å². The molecule has 0 aliphatic carbocycles. The van der Waals surface area contributed by atoms with Gasteiger partial charge in [-0.25, -0.2) is 0 Å². The number of pyridine rings is 1. The molecule has 1 saturated heterocycles. The van der Waals surface area contributed by atoms with Crippen molar-refractivity contribution in [2.75, 3.05) is 37.5 Å². The van der Waals surface area contributed by atoms with Crippen LogP contribution < -0.4 is 19.7 Å². The van der Waals surface area contributed by atoms with Crippen LogP contribution in [-0.4, -0.2) is 38.2 Å². The van der Waals surface area contributed by atoms with Crippen molar-refractivity contribution in [1.82, 2.24) is 4.98 Å². The third kappa shape index (κ3) is 4.17. The van der Waals surface area contributed by atoms with Gasteiger partial charge in [0.15, 0.2) is 0 Å². The van der Waals surface area contributed by atoms with Gasteiger partial charge >= 0.3 is 0 Å². The van der Waals surface area contributed by atoms with E-state index in [0.717, 1.165) is 22.2 Å². The average molecular weight is 431 g/mol. The first-order chi connectivity index (χ1) is 15.5. The minimum absolute atomic E-state index is 0.0351. The van der Waals surface area contributed by atoms with Gasteiger partial charge in [-0.3, -0.25) is 9.78 Å². The number of fused-ring (bicyclic) bond motifs is 1. The zero-order chi connectivity index (χ0) is 22.7. The van der Waals surface area contributed by atoms with Crippen LogP contribution in [0.15, 0.2) is 42.6 Å². The topological polar surface area (TPSA) is 87.5 Å². The van der Waals surface area contributed by atoms with Gasteiger partial charge in [-0.15, -0.1) is 0 Å². The van der Waals surface area contributed by atoms with Crippen LogP contribution in [0.1, 0.15) is 24.0 Å². The number of nitriles is 1. The van der Waals surface area contributed by atoms with Gasteiger partial charge < -0.3 is 19.7 Å². The summed E-state index contributed by atoms with van der Waals surface area (Å²) < 4.78 is 10.6. The van der Waals surface area contributed by atoms with Gasteiger partial charge in [-0.2, -0.15) is 5.26 Å². The highest BCUT2D eigenvalue weighted by molar-refractivity contribution is 5.96. The van der Waals surface area contributed by atoms with E-state index in [2.05, 4.69) is 27.3 Å². The number of ether oxygens (including phenoxy) is 2. The molecule has 0 unspecified atom stereocenters. The van der Waals surface area contributed by atoms with Crippen LogP contribution in [0.3, 0.4) is 0 Å². The van der Waals surface area contributed by atoms with Gasteiger partial charge in [-0.05, 0) is 44.0 Å². The molecule has 164 valence electrons. The number of piperidine rings is 1. The Bertz CT molecular complexity index is 1190. The lowest BCUT2D eigenvalue weighted by molar-refractivity contribution is -0.120. The Morgan fingerprint density at radius 2 is 1.94 bits per heavy atom. The maximum Gasteiger partial charge on any atom is 0.227 e. The van der Waals surface area contributed by atoms with Crippen LogP contribution in [0.25, 0.3) is 10.9 Å². The van der Waals surface area contributed by atoms with E-state index in [1.165, 1.54) is 0 Å². The number of nitrogens with one attached hydrogen (secondary N) is 1. The summed E-state index contributed by atoms with van der Waals surface area (Å²) in [5, 5.41) is 13.6. The summed E-state index contributed by atoms with van der Waals surface area (Å²) in [6, 6.07) is 13.7. The predicted molar refractivity (Wildman–Crippen MR) is 124 cm³/mol. The van der Waals surface area contributed by atoms with Gasteiger partial charge in [0, 0.05) is 36.7 Å². The van der Waals surface area contributed by atoms with E-state index in [9.17, 15) is 10.1 Å². The minimum atomic E-state index is -0.123. The van der Waals surface area contributed by atoms with E-state index in [4.69, 9.17) is 9.47 Å². The van der Waals surface area contributed by atoms with Gasteiger partial charge in [0.1, 0.15) is 17.6 Å². The van der Waals surface area contributed by atoms with Crippen LogP contribution >= 0.6 is 0 Å². The molecular weight excluding hydrogens is 404 g/mol. The molecule has 3 aromatic rings. The summed E-state index contributed by atoms with van der Waals surface area (Å²) >= 11 is 0. The second-order valence-corrected chi connectivity index (χ2v) is 7.97. The predicted octanol–water partition coefficient (Wildman–Crippen LogP) is 4.29. The van der Waals surface area contributed by atoms with Crippen molar-refractivity contribution < 1.29 is 14.3 Å². The van der Waals surface area contributed by atoms with Gasteiger partial charge in [0.2, 0.25) is 5.91 Å². The highest BCUT2D eigenvalue weighted by Gasteiger charge is 2.28. The number of anilines is 2. The molecule has 1 N–H and O–H groups in total. The van der Waals surface area contributed by atoms with E-state index in [1.54, 1.807) is 38.6 Å². The average Bonchev–Trinajstić information content (AvgIpc) is 2.83. The molecular formula is C25H26N4O3. The molecule has 7 nitrogen and oxygen atoms in total. The Kier molecular flexibility index (Phi) is 6.13. The molecule has 0 saturated carbocycles. The lowest BCUT2D eigenvalue weighted by Gasteiger charge is -2.34. The van der Waals surface area contributed by atoms with Crippen molar-refractivity contribution in [3.8, 4) is 17.6 Å². The molecule has 1 fully saturated rings. The van der Waals surface area contributed by atoms with Crippen molar-refractivity contribution in [2.45, 2.75) is 19.8 Å². The Morgan fingerprint density at radius 1 is 1.16 bits per heavy atom. The SMILES string of the molecule is COc1ccc(OC)c(NC(=O)C2CCN(c3c(C#N)cnc4ccc(C)cc34)CC2)c1. The molecule has 0 spiro atoms. The molecule has 7 heteroatoms. The summed E-state index contributed by atoms with van der Waals surface area (Å²) in [5.41, 5.74) is 4.06. The third-order valence-corrected chi connectivity index (χ3v) is 5.96. The lowest BCUT2D eigenvalue weighted by atomic mass is 9.94. The maximum atomic E-state index is 13.0. The second-order valence-electron chi connectivity index (χ2n) is 7.97. The van der Waals surface area contributed by atoms with Crippen LogP contribution in [0, 0.1) is 24.2 Å². The number of hydrogen-bond donors (Lipinski definition) is 1. The van der Waals surface area contributed by atoms with Crippen molar-refractivity contribution in [2.24, 2.45) is 5.92 Å². The van der Waals surface area contributed by atoms with Gasteiger partial charge in [0.25, 0.3) is 0 Å². The highest BCUT2D eigenvalue weighted by atomic mass is 16.5. The molecule has 2 aromatic carbocycles. The van der Waals surface area contributed by atoms with Crippen molar-refractivity contribution in [3.05, 3.63) is 53.7 Å². The van der Waals surface area contributed by atoms with Crippen LogP contribution in [0.4, 0.5) is 11.4 Å². The van der Waals surface area contributed by atoms with Crippen LogP contribution in [-0.2, 0) is 4.79 Å². The molecule has 0 atom stereocenters. The first-order valence-electron chi connectivity index (χ1n) is 10.6. The zero-order valence-corrected chi connectivity index (χ0v) is 18.5. The molecule has 32 heavy (non-hydrogen) atoms. The number of hydrogen-bond acceptors (Lipinski definition) is 6. The lowest BCUT2D eigenvalue weighted by Crippen LogP contribution is -2.38. The number of aryl methyl sites for hydroxylation is 1. The summed E-state index contributed by atoms with van der Waals surface area (Å²) in [5.74, 6) is 1.09. The zero-order valence-electron chi connectivity index (χ0n) is 18.5. The standard InChI is InChI=1S/C25H26N4O3/c1-16-4-6-21-20(12-16)24(18(14-26)15-27-21)29-10-8-17(9-11-29)25(30)28-22-13-19(31-2)5-7-23(22)32-3/h4-7,12-13,15,17H,8-11H2,1-3H3,(H,28,30). The number of carbonyl (C=O) groups excluding carboxylic acids is 1. The Balaban J connectivity index is 1.51. The molecule has 1 aromatic heterocycles. The Morgan fingerprint density at radius 3 is 2.62 bits per heavy atom. The summed E-state index contributed by atoms with van der Waals surface area (Å²) in [7, 11) is 3.16. The molecule has 2 heterocycles. The summed E-state index contributed by atoms with van der Waals surface area (Å²) in [6.45, 7) is 3.41. The van der Waals surface area contributed by atoms with Crippen LogP contribution in [0.5, 0.6) is 11.5 Å². The van der Waals surface area contributed by atoms with Gasteiger partial charge in [0.05, 0.1) is 36.7 Å². The monoisotopic (exact) mass is 430 g/mol. The Labute approximate surface area is 187 Å². The first-order valence-corrected chi connectivity index (χ1v) is 10.6. The minimum Gasteiger partial charge on any atom is -0.497 e. The van der Waals surface area contributed by atoms with Crippen LogP contribution in [0.2, 0.25) is 0 Å². The fourth-order valence-corrected chi connectivity index (χ4v) is 4.23. The van der Waals surface area contributed by atoms with Gasteiger partial charge in [-0.1, -0.05) is 11.6 Å². The third-order valence-electron chi connectivity index (χ3n) is 5.96. The van der Waals surface area contributed by atoms with E-state index < -0.39 is 0 Å². The van der Waals surface area contributed by atoms with E-state index >= 15 is 0 Å². The fraction of sp³-hybridized carbons (Fsp3) is 0.320. The molecule has 0 radical (unpaired) electrons. The number of aromatic nitrogens is 1. The molecule has 4 rings (SSSR count). The summed E-state index contributed by atoms with van der Waals surface area (Å²) in [4.78, 5) is 19.6. The van der Waals surface area contributed by atoms with Crippen molar-refractivity contribution in [1.29, 1.82) is 5.26 Å². The number of benzene rings is 2. The normalized spacial score (nSPS) is 14.1. The van der Waals surface area contributed by atoms with E-state index in [1.807, 2.05) is 19.1 Å². The summed E-state index contributed by atoms with van der Waals surface area (Å²) in [6.07, 6.45) is 3.03. The number of nitrogens with zero attached hydrogens (tertiary/aromatic N) is 3. The molecule has 1 aliphatic heterocycles. The molecule has 0 bridgehead atoms. The molecule has 1 aliphatic rings. The second kappa shape index (κ2) is 9.15. The fourth-order valence-electron chi connectivity index (χ4n) is 4.23. The smallest absolute Gasteiger partial charge is 0.227 e. The van der Waals surface area contributed by atoms with Crippen molar-refractivity contribution >= 4 is 28.2 Å². The number of carbonyl (C=O) groups is 1. The quantitative estimate of drug-likeness (QED) is 0.650. The maximum absolute atomic E-state index is 13.0.